The highest BCUT2D eigenvalue weighted by molar-refractivity contribution is 6.32. The molecule has 2 aromatic heterocycles. The molecule has 1 aromatic carbocycles. The van der Waals surface area contributed by atoms with Crippen molar-refractivity contribution in [1.29, 1.82) is 0 Å². The van der Waals surface area contributed by atoms with Crippen LogP contribution >= 0.6 is 11.6 Å². The Balaban J connectivity index is 1.50. The number of carbonyl (C=O) groups is 1. The predicted octanol–water partition coefficient (Wildman–Crippen LogP) is 3.96. The van der Waals surface area contributed by atoms with E-state index in [1.807, 2.05) is 0 Å². The molecule has 0 saturated carbocycles. The van der Waals surface area contributed by atoms with Crippen molar-refractivity contribution in [3.8, 4) is 17.1 Å². The quantitative estimate of drug-likeness (QED) is 0.476. The van der Waals surface area contributed by atoms with Crippen LogP contribution in [-0.4, -0.2) is 56.4 Å². The van der Waals surface area contributed by atoms with Crippen LogP contribution < -0.4 is 15.0 Å². The third kappa shape index (κ3) is 5.54. The number of alkyl halides is 3. The van der Waals surface area contributed by atoms with E-state index in [-0.39, 0.29) is 40.7 Å². The number of ether oxygens (including phenoxy) is 2. The molecule has 0 spiro atoms. The summed E-state index contributed by atoms with van der Waals surface area (Å²) in [5, 5.41) is 16.4. The molecule has 1 aliphatic heterocycles. The van der Waals surface area contributed by atoms with Crippen LogP contribution in [0.5, 0.6) is 5.75 Å². The van der Waals surface area contributed by atoms with Crippen molar-refractivity contribution in [2.24, 2.45) is 0 Å². The Kier molecular flexibility index (Phi) is 6.67. The first kappa shape index (κ1) is 24.5. The van der Waals surface area contributed by atoms with Crippen molar-refractivity contribution in [2.75, 3.05) is 16.8 Å². The van der Waals surface area contributed by atoms with Gasteiger partial charge in [0.15, 0.2) is 0 Å². The number of cyclic esters (lactones) is 1. The van der Waals surface area contributed by atoms with Gasteiger partial charge in [0.1, 0.15) is 30.3 Å². The minimum absolute atomic E-state index is 0.00611. The first-order chi connectivity index (χ1) is 16.5. The van der Waals surface area contributed by atoms with Gasteiger partial charge in [0.05, 0.1) is 11.1 Å². The van der Waals surface area contributed by atoms with Gasteiger partial charge in [0.25, 0.3) is 0 Å². The summed E-state index contributed by atoms with van der Waals surface area (Å²) in [6.45, 7) is 3.22. The molecule has 2 N–H and O–H groups in total. The minimum Gasteiger partial charge on any atom is -0.447 e. The number of anilines is 2. The molecule has 1 saturated heterocycles. The average Bonchev–Trinajstić information content (AvgIpc) is 3.42. The van der Waals surface area contributed by atoms with Gasteiger partial charge in [0, 0.05) is 11.8 Å². The summed E-state index contributed by atoms with van der Waals surface area (Å²) >= 11 is 5.77. The zero-order chi connectivity index (χ0) is 25.3. The van der Waals surface area contributed by atoms with Crippen molar-refractivity contribution in [3.63, 3.8) is 0 Å². The SMILES string of the molecule is C[C@H](Nc1nccc(N2C(=O)OCC2[C@@H](C)O)n1)c1nc(-c2ccc(Cl)c(OC(F)(F)F)c2)no1. The number of nitrogens with one attached hydrogen (secondary N) is 1. The van der Waals surface area contributed by atoms with Crippen molar-refractivity contribution in [1.82, 2.24) is 20.1 Å². The lowest BCUT2D eigenvalue weighted by Crippen LogP contribution is -2.41. The zero-order valence-electron chi connectivity index (χ0n) is 18.2. The molecule has 1 amide bonds. The number of hydrogen-bond donors (Lipinski definition) is 2. The lowest BCUT2D eigenvalue weighted by atomic mass is 10.2. The summed E-state index contributed by atoms with van der Waals surface area (Å²) in [7, 11) is 0. The number of nitrogens with zero attached hydrogens (tertiary/aromatic N) is 5. The van der Waals surface area contributed by atoms with Gasteiger partial charge >= 0.3 is 12.5 Å². The maximum absolute atomic E-state index is 12.6. The molecule has 3 aromatic rings. The average molecular weight is 515 g/mol. The molecule has 1 aliphatic rings. The Morgan fingerprint density at radius 3 is 2.77 bits per heavy atom. The molecule has 0 bridgehead atoms. The number of halogens is 4. The molecule has 35 heavy (non-hydrogen) atoms. The smallest absolute Gasteiger partial charge is 0.447 e. The van der Waals surface area contributed by atoms with Crippen LogP contribution in [0.3, 0.4) is 0 Å². The molecule has 3 atom stereocenters. The van der Waals surface area contributed by atoms with Crippen molar-refractivity contribution in [2.45, 2.75) is 38.4 Å². The number of amides is 1. The summed E-state index contributed by atoms with van der Waals surface area (Å²) < 4.78 is 51.9. The second-order valence-corrected chi connectivity index (χ2v) is 7.92. The molecule has 15 heteroatoms. The van der Waals surface area contributed by atoms with Crippen LogP contribution in [0.2, 0.25) is 5.02 Å². The standard InChI is InChI=1S/C20H18ClF3N6O5/c1-9(26-18-25-6-5-15(27-18)30-13(10(2)31)8-33-19(30)32)17-28-16(29-35-17)11-3-4-12(21)14(7-11)34-20(22,23)24/h3-7,9-10,13,31H,8H2,1-2H3,(H,25,26,27)/t9-,10+,13?/m0/s1. The fraction of sp³-hybridized carbons (Fsp3) is 0.350. The van der Waals surface area contributed by atoms with Gasteiger partial charge in [-0.25, -0.2) is 9.78 Å². The first-order valence-electron chi connectivity index (χ1n) is 10.1. The molecule has 0 radical (unpaired) electrons. The number of hydrogen-bond acceptors (Lipinski definition) is 10. The fourth-order valence-electron chi connectivity index (χ4n) is 3.24. The molecule has 11 nitrogen and oxygen atoms in total. The van der Waals surface area contributed by atoms with E-state index in [9.17, 15) is 23.1 Å². The van der Waals surface area contributed by atoms with Gasteiger partial charge in [-0.05, 0) is 38.1 Å². The molecule has 4 rings (SSSR count). The van der Waals surface area contributed by atoms with Crippen LogP contribution in [0.4, 0.5) is 29.7 Å². The largest absolute Gasteiger partial charge is 0.573 e. The number of aromatic nitrogens is 4. The molecule has 186 valence electrons. The predicted molar refractivity (Wildman–Crippen MR) is 115 cm³/mol. The van der Waals surface area contributed by atoms with Crippen LogP contribution in [-0.2, 0) is 4.74 Å². The number of benzene rings is 1. The van der Waals surface area contributed by atoms with Crippen LogP contribution in [0.15, 0.2) is 35.0 Å². The van der Waals surface area contributed by atoms with E-state index in [4.69, 9.17) is 20.9 Å². The highest BCUT2D eigenvalue weighted by Gasteiger charge is 2.38. The first-order valence-corrected chi connectivity index (χ1v) is 10.5. The van der Waals surface area contributed by atoms with Crippen LogP contribution in [0.1, 0.15) is 25.8 Å². The van der Waals surface area contributed by atoms with Crippen molar-refractivity contribution < 1.29 is 37.1 Å². The number of rotatable bonds is 7. The third-order valence-electron chi connectivity index (χ3n) is 4.92. The van der Waals surface area contributed by atoms with E-state index in [1.54, 1.807) is 6.92 Å². The number of aliphatic hydroxyl groups excluding tert-OH is 1. The van der Waals surface area contributed by atoms with E-state index < -0.39 is 36.4 Å². The lowest BCUT2D eigenvalue weighted by Gasteiger charge is -2.22. The molecular weight excluding hydrogens is 497 g/mol. The van der Waals surface area contributed by atoms with E-state index >= 15 is 0 Å². The van der Waals surface area contributed by atoms with Crippen LogP contribution in [0.25, 0.3) is 11.4 Å². The van der Waals surface area contributed by atoms with Gasteiger partial charge in [-0.1, -0.05) is 16.8 Å². The van der Waals surface area contributed by atoms with E-state index in [0.29, 0.717) is 0 Å². The Hall–Kier alpha value is -3.65. The van der Waals surface area contributed by atoms with Crippen molar-refractivity contribution in [3.05, 3.63) is 41.4 Å². The minimum atomic E-state index is -4.92. The van der Waals surface area contributed by atoms with E-state index in [1.165, 1.54) is 36.2 Å². The maximum Gasteiger partial charge on any atom is 0.573 e. The Morgan fingerprint density at radius 2 is 2.06 bits per heavy atom. The molecule has 0 aliphatic carbocycles. The molecule has 3 heterocycles. The molecule has 1 unspecified atom stereocenters. The lowest BCUT2D eigenvalue weighted by molar-refractivity contribution is -0.274. The summed E-state index contributed by atoms with van der Waals surface area (Å²) in [6, 6.07) is 3.94. The van der Waals surface area contributed by atoms with E-state index in [0.717, 1.165) is 6.07 Å². The van der Waals surface area contributed by atoms with Gasteiger partial charge < -0.3 is 24.4 Å². The summed E-state index contributed by atoms with van der Waals surface area (Å²) in [4.78, 5) is 25.9. The van der Waals surface area contributed by atoms with Gasteiger partial charge in [0.2, 0.25) is 17.7 Å². The second kappa shape index (κ2) is 9.54. The van der Waals surface area contributed by atoms with Gasteiger partial charge in [-0.15, -0.1) is 13.2 Å². The normalized spacial score (nSPS) is 17.7. The Morgan fingerprint density at radius 1 is 1.29 bits per heavy atom. The van der Waals surface area contributed by atoms with E-state index in [2.05, 4.69) is 30.2 Å². The van der Waals surface area contributed by atoms with Gasteiger partial charge in [-0.2, -0.15) is 9.97 Å². The highest BCUT2D eigenvalue weighted by atomic mass is 35.5. The molecular formula is C20H18ClF3N6O5. The summed E-state index contributed by atoms with van der Waals surface area (Å²) in [5.74, 6) is -0.176. The monoisotopic (exact) mass is 514 g/mol. The number of carbonyl (C=O) groups excluding carboxylic acids is 1. The highest BCUT2D eigenvalue weighted by Crippen LogP contribution is 2.34. The Bertz CT molecular complexity index is 1220. The third-order valence-corrected chi connectivity index (χ3v) is 5.24. The van der Waals surface area contributed by atoms with Crippen molar-refractivity contribution >= 4 is 29.5 Å². The molecule has 1 fully saturated rings. The fourth-order valence-corrected chi connectivity index (χ4v) is 3.39. The second-order valence-electron chi connectivity index (χ2n) is 7.51. The summed E-state index contributed by atoms with van der Waals surface area (Å²) in [5.41, 5.74) is 0.186. The van der Waals surface area contributed by atoms with Gasteiger partial charge in [-0.3, -0.25) is 4.90 Å². The zero-order valence-corrected chi connectivity index (χ0v) is 18.9. The number of aliphatic hydroxyl groups is 1. The Labute approximate surface area is 200 Å². The van der Waals surface area contributed by atoms with Crippen LogP contribution in [0, 0.1) is 0 Å². The maximum atomic E-state index is 12.6. The summed E-state index contributed by atoms with van der Waals surface area (Å²) in [6.07, 6.45) is -5.00. The topological polar surface area (TPSA) is 136 Å².